The average Bonchev–Trinajstić information content (AvgIpc) is 2.89. The maximum absolute atomic E-state index is 5.33. The van der Waals surface area contributed by atoms with Gasteiger partial charge in [-0.3, -0.25) is 0 Å². The second-order valence-corrected chi connectivity index (χ2v) is 5.85. The van der Waals surface area contributed by atoms with E-state index in [2.05, 4.69) is 5.32 Å². The summed E-state index contributed by atoms with van der Waals surface area (Å²) in [7, 11) is 1.83. The van der Waals surface area contributed by atoms with Crippen molar-refractivity contribution in [2.45, 2.75) is 50.6 Å². The van der Waals surface area contributed by atoms with Crippen molar-refractivity contribution in [2.75, 3.05) is 13.7 Å². The highest BCUT2D eigenvalue weighted by Crippen LogP contribution is 2.45. The van der Waals surface area contributed by atoms with E-state index in [4.69, 9.17) is 4.74 Å². The first kappa shape index (κ1) is 10.1. The van der Waals surface area contributed by atoms with E-state index in [-0.39, 0.29) is 0 Å². The van der Waals surface area contributed by atoms with Crippen LogP contribution in [0.3, 0.4) is 0 Å². The molecule has 0 aromatic heterocycles. The monoisotopic (exact) mass is 209 g/mol. The van der Waals surface area contributed by atoms with Gasteiger partial charge in [-0.2, -0.15) is 0 Å². The van der Waals surface area contributed by atoms with Crippen LogP contribution >= 0.6 is 0 Å². The van der Waals surface area contributed by atoms with Crippen molar-refractivity contribution in [3.63, 3.8) is 0 Å². The van der Waals surface area contributed by atoms with E-state index in [0.29, 0.717) is 6.04 Å². The fraction of sp³-hybridized carbons (Fsp3) is 1.00. The van der Waals surface area contributed by atoms with E-state index >= 15 is 0 Å². The Kier molecular flexibility index (Phi) is 2.73. The van der Waals surface area contributed by atoms with Gasteiger partial charge in [-0.05, 0) is 49.9 Å². The molecule has 0 saturated heterocycles. The van der Waals surface area contributed by atoms with Crippen LogP contribution in [0.25, 0.3) is 0 Å². The fourth-order valence-corrected chi connectivity index (χ4v) is 3.72. The minimum absolute atomic E-state index is 0.652. The quantitative estimate of drug-likeness (QED) is 0.749. The summed E-state index contributed by atoms with van der Waals surface area (Å²) in [5.41, 5.74) is 0. The zero-order chi connectivity index (χ0) is 10.3. The van der Waals surface area contributed by atoms with Gasteiger partial charge in [-0.15, -0.1) is 0 Å². The van der Waals surface area contributed by atoms with Gasteiger partial charge >= 0.3 is 0 Å². The van der Waals surface area contributed by atoms with E-state index in [0.717, 1.165) is 30.4 Å². The van der Waals surface area contributed by atoms with Crippen LogP contribution in [0.15, 0.2) is 0 Å². The molecule has 0 amide bonds. The molecule has 3 fully saturated rings. The molecule has 3 aliphatic rings. The Bertz CT molecular complexity index is 227. The van der Waals surface area contributed by atoms with Gasteiger partial charge in [-0.1, -0.05) is 6.42 Å². The van der Waals surface area contributed by atoms with Gasteiger partial charge in [0.25, 0.3) is 0 Å². The Balaban J connectivity index is 1.54. The van der Waals surface area contributed by atoms with Gasteiger partial charge in [0.1, 0.15) is 0 Å². The first-order valence-electron chi connectivity index (χ1n) is 6.62. The zero-order valence-electron chi connectivity index (χ0n) is 9.74. The summed E-state index contributed by atoms with van der Waals surface area (Å²) in [6, 6.07) is 1.48. The largest absolute Gasteiger partial charge is 0.383 e. The van der Waals surface area contributed by atoms with Crippen LogP contribution in [0.2, 0.25) is 0 Å². The third kappa shape index (κ3) is 2.07. The number of hydrogen-bond donors (Lipinski definition) is 1. The number of nitrogens with one attached hydrogen (secondary N) is 1. The molecule has 2 bridgehead atoms. The molecule has 0 heterocycles. The van der Waals surface area contributed by atoms with Crippen LogP contribution in [0.4, 0.5) is 0 Å². The maximum Gasteiger partial charge on any atom is 0.0618 e. The molecule has 3 aliphatic carbocycles. The SMILES string of the molecule is COCC(NC1CC2CCC1C2)C1CC1. The first-order chi connectivity index (χ1) is 7.36. The van der Waals surface area contributed by atoms with E-state index < -0.39 is 0 Å². The smallest absolute Gasteiger partial charge is 0.0618 e. The van der Waals surface area contributed by atoms with Crippen molar-refractivity contribution in [3.05, 3.63) is 0 Å². The molecule has 1 N–H and O–H groups in total. The molecule has 15 heavy (non-hydrogen) atoms. The molecule has 4 atom stereocenters. The zero-order valence-corrected chi connectivity index (χ0v) is 9.74. The third-order valence-electron chi connectivity index (χ3n) is 4.70. The Morgan fingerprint density at radius 3 is 2.60 bits per heavy atom. The summed E-state index contributed by atoms with van der Waals surface area (Å²) in [6.07, 6.45) is 8.76. The lowest BCUT2D eigenvalue weighted by Crippen LogP contribution is -2.44. The highest BCUT2D eigenvalue weighted by atomic mass is 16.5. The second kappa shape index (κ2) is 4.06. The molecular weight excluding hydrogens is 186 g/mol. The standard InChI is InChI=1S/C13H23NO/c1-15-8-13(10-4-5-10)14-12-7-9-2-3-11(12)6-9/h9-14H,2-8H2,1H3. The summed E-state index contributed by atoms with van der Waals surface area (Å²) >= 11 is 0. The van der Waals surface area contributed by atoms with Crippen LogP contribution in [0, 0.1) is 17.8 Å². The number of ether oxygens (including phenoxy) is 1. The normalized spacial score (nSPS) is 41.0. The molecule has 0 aliphatic heterocycles. The van der Waals surface area contributed by atoms with E-state index in [9.17, 15) is 0 Å². The predicted octanol–water partition coefficient (Wildman–Crippen LogP) is 2.19. The molecule has 0 spiro atoms. The molecule has 0 aromatic carbocycles. The van der Waals surface area contributed by atoms with Gasteiger partial charge < -0.3 is 10.1 Å². The topological polar surface area (TPSA) is 21.3 Å². The summed E-state index contributed by atoms with van der Waals surface area (Å²) in [5.74, 6) is 2.96. The molecule has 3 saturated carbocycles. The van der Waals surface area contributed by atoms with Crippen LogP contribution < -0.4 is 5.32 Å². The lowest BCUT2D eigenvalue weighted by molar-refractivity contribution is 0.144. The maximum atomic E-state index is 5.33. The summed E-state index contributed by atoms with van der Waals surface area (Å²) in [6.45, 7) is 0.915. The van der Waals surface area contributed by atoms with Crippen molar-refractivity contribution in [1.29, 1.82) is 0 Å². The minimum atomic E-state index is 0.652. The number of rotatable bonds is 5. The van der Waals surface area contributed by atoms with Gasteiger partial charge in [0.05, 0.1) is 6.61 Å². The Morgan fingerprint density at radius 1 is 1.20 bits per heavy atom. The highest BCUT2D eigenvalue weighted by Gasteiger charge is 2.42. The van der Waals surface area contributed by atoms with Crippen molar-refractivity contribution in [1.82, 2.24) is 5.32 Å². The summed E-state index contributed by atoms with van der Waals surface area (Å²) in [5, 5.41) is 3.89. The highest BCUT2D eigenvalue weighted by molar-refractivity contribution is 4.97. The molecule has 4 unspecified atom stereocenters. The Labute approximate surface area is 92.8 Å². The number of hydrogen-bond acceptors (Lipinski definition) is 2. The summed E-state index contributed by atoms with van der Waals surface area (Å²) < 4.78 is 5.33. The number of methoxy groups -OCH3 is 1. The minimum Gasteiger partial charge on any atom is -0.383 e. The van der Waals surface area contributed by atoms with E-state index in [1.54, 1.807) is 0 Å². The van der Waals surface area contributed by atoms with Crippen molar-refractivity contribution in [2.24, 2.45) is 17.8 Å². The van der Waals surface area contributed by atoms with Gasteiger partial charge in [-0.25, -0.2) is 0 Å². The van der Waals surface area contributed by atoms with Crippen LogP contribution in [0.5, 0.6) is 0 Å². The first-order valence-corrected chi connectivity index (χ1v) is 6.62. The second-order valence-electron chi connectivity index (χ2n) is 5.85. The Morgan fingerprint density at radius 2 is 2.07 bits per heavy atom. The average molecular weight is 209 g/mol. The summed E-state index contributed by atoms with van der Waals surface area (Å²) in [4.78, 5) is 0. The van der Waals surface area contributed by atoms with Crippen LogP contribution in [-0.4, -0.2) is 25.8 Å². The van der Waals surface area contributed by atoms with Crippen molar-refractivity contribution < 1.29 is 4.74 Å². The lowest BCUT2D eigenvalue weighted by Gasteiger charge is -2.28. The third-order valence-corrected chi connectivity index (χ3v) is 4.70. The predicted molar refractivity (Wildman–Crippen MR) is 60.8 cm³/mol. The number of fused-ring (bicyclic) bond motifs is 2. The van der Waals surface area contributed by atoms with Crippen LogP contribution in [0.1, 0.15) is 38.5 Å². The van der Waals surface area contributed by atoms with Crippen molar-refractivity contribution in [3.8, 4) is 0 Å². The molecule has 3 rings (SSSR count). The fourth-order valence-electron chi connectivity index (χ4n) is 3.72. The molecule has 86 valence electrons. The molecule has 0 radical (unpaired) electrons. The van der Waals surface area contributed by atoms with Gasteiger partial charge in [0.15, 0.2) is 0 Å². The lowest BCUT2D eigenvalue weighted by atomic mass is 9.94. The van der Waals surface area contributed by atoms with Crippen molar-refractivity contribution >= 4 is 0 Å². The van der Waals surface area contributed by atoms with Gasteiger partial charge in [0.2, 0.25) is 0 Å². The molecule has 2 nitrogen and oxygen atoms in total. The molecule has 0 aromatic rings. The molecule has 2 heteroatoms. The Hall–Kier alpha value is -0.0800. The van der Waals surface area contributed by atoms with E-state index in [1.807, 2.05) is 7.11 Å². The van der Waals surface area contributed by atoms with Crippen LogP contribution in [-0.2, 0) is 4.74 Å². The molecular formula is C13H23NO. The van der Waals surface area contributed by atoms with E-state index in [1.165, 1.54) is 38.5 Å². The van der Waals surface area contributed by atoms with Gasteiger partial charge in [0, 0.05) is 19.2 Å².